The number of aliphatic hydroxyl groups excluding tert-OH is 1. The van der Waals surface area contributed by atoms with Crippen LogP contribution in [0.25, 0.3) is 0 Å². The Labute approximate surface area is 206 Å². The third-order valence-electron chi connectivity index (χ3n) is 5.24. The number of ether oxygens (including phenoxy) is 1. The number of guanidine groups is 1. The molecular formula is C25H29IN4O2. The van der Waals surface area contributed by atoms with Crippen LogP contribution in [-0.2, 0) is 13.0 Å². The minimum atomic E-state index is -0.571. The number of nitrogens with one attached hydrogen (secondary N) is 1. The van der Waals surface area contributed by atoms with Gasteiger partial charge in [0.2, 0.25) is 0 Å². The Morgan fingerprint density at radius 3 is 2.53 bits per heavy atom. The van der Waals surface area contributed by atoms with Crippen molar-refractivity contribution in [2.45, 2.75) is 19.1 Å². The summed E-state index contributed by atoms with van der Waals surface area (Å²) in [7, 11) is 0. The second-order valence-corrected chi connectivity index (χ2v) is 7.70. The zero-order valence-corrected chi connectivity index (χ0v) is 20.2. The van der Waals surface area contributed by atoms with E-state index in [4.69, 9.17) is 10.5 Å². The van der Waals surface area contributed by atoms with Gasteiger partial charge in [-0.15, -0.1) is 24.0 Å². The molecule has 0 radical (unpaired) electrons. The molecule has 3 aromatic carbocycles. The monoisotopic (exact) mass is 544 g/mol. The molecule has 0 aliphatic carbocycles. The Kier molecular flexibility index (Phi) is 8.90. The van der Waals surface area contributed by atoms with E-state index in [2.05, 4.69) is 39.5 Å². The van der Waals surface area contributed by atoms with Crippen molar-refractivity contribution < 1.29 is 9.84 Å². The summed E-state index contributed by atoms with van der Waals surface area (Å²) >= 11 is 0. The van der Waals surface area contributed by atoms with Gasteiger partial charge in [-0.25, -0.2) is 0 Å². The van der Waals surface area contributed by atoms with Gasteiger partial charge in [-0.05, 0) is 41.8 Å². The van der Waals surface area contributed by atoms with Crippen LogP contribution in [-0.4, -0.2) is 41.7 Å². The maximum atomic E-state index is 10.4. The number of hydrogen-bond acceptors (Lipinski definition) is 4. The summed E-state index contributed by atoms with van der Waals surface area (Å²) in [5.41, 5.74) is 9.54. The molecule has 4 rings (SSSR count). The van der Waals surface area contributed by atoms with Gasteiger partial charge in [0.15, 0.2) is 5.96 Å². The number of anilines is 1. The molecule has 1 aliphatic rings. The van der Waals surface area contributed by atoms with Crippen LogP contribution in [0, 0.1) is 0 Å². The lowest BCUT2D eigenvalue weighted by Gasteiger charge is -2.30. The van der Waals surface area contributed by atoms with Crippen molar-refractivity contribution in [1.29, 1.82) is 0 Å². The highest BCUT2D eigenvalue weighted by Crippen LogP contribution is 2.23. The van der Waals surface area contributed by atoms with Gasteiger partial charge in [0, 0.05) is 31.4 Å². The van der Waals surface area contributed by atoms with Crippen molar-refractivity contribution in [3.05, 3.63) is 90.0 Å². The predicted octanol–water partition coefficient (Wildman–Crippen LogP) is 4.24. The number of aliphatic hydroxyl groups is 1. The molecule has 0 fully saturated rings. The first-order valence-corrected chi connectivity index (χ1v) is 10.5. The molecule has 1 aliphatic heterocycles. The molecule has 6 nitrogen and oxygen atoms in total. The number of fused-ring (bicyclic) bond motifs is 1. The largest absolute Gasteiger partial charge is 0.457 e. The molecule has 0 saturated heterocycles. The van der Waals surface area contributed by atoms with E-state index in [1.807, 2.05) is 54.6 Å². The number of nitrogens with zero attached hydrogens (tertiary/aromatic N) is 2. The minimum Gasteiger partial charge on any atom is -0.457 e. The number of nitrogens with two attached hydrogens (primary N) is 1. The first-order chi connectivity index (χ1) is 15.2. The lowest BCUT2D eigenvalue weighted by molar-refractivity contribution is 0.112. The van der Waals surface area contributed by atoms with Gasteiger partial charge in [0.1, 0.15) is 11.5 Å². The van der Waals surface area contributed by atoms with Crippen LogP contribution in [0.15, 0.2) is 83.9 Å². The van der Waals surface area contributed by atoms with E-state index in [1.54, 1.807) is 0 Å². The summed E-state index contributed by atoms with van der Waals surface area (Å²) < 4.78 is 5.84. The van der Waals surface area contributed by atoms with Gasteiger partial charge in [-0.2, -0.15) is 0 Å². The summed E-state index contributed by atoms with van der Waals surface area (Å²) in [6, 6.07) is 25.6. The highest BCUT2D eigenvalue weighted by atomic mass is 127. The van der Waals surface area contributed by atoms with Crippen LogP contribution in [0.4, 0.5) is 5.69 Å². The zero-order valence-electron chi connectivity index (χ0n) is 17.9. The molecule has 168 valence electrons. The van der Waals surface area contributed by atoms with Crippen LogP contribution in [0.3, 0.4) is 0 Å². The average molecular weight is 544 g/mol. The van der Waals surface area contributed by atoms with E-state index in [1.165, 1.54) is 11.1 Å². The van der Waals surface area contributed by atoms with Crippen molar-refractivity contribution in [3.63, 3.8) is 0 Å². The molecule has 7 heteroatoms. The smallest absolute Gasteiger partial charge is 0.193 e. The molecule has 0 amide bonds. The second-order valence-electron chi connectivity index (χ2n) is 7.70. The normalized spacial score (nSPS) is 14.7. The van der Waals surface area contributed by atoms with E-state index in [0.717, 1.165) is 30.9 Å². The summed E-state index contributed by atoms with van der Waals surface area (Å²) in [4.78, 5) is 6.57. The highest BCUT2D eigenvalue weighted by molar-refractivity contribution is 14.0. The van der Waals surface area contributed by atoms with Crippen LogP contribution < -0.4 is 15.8 Å². The van der Waals surface area contributed by atoms with Crippen molar-refractivity contribution in [3.8, 4) is 11.5 Å². The molecule has 1 heterocycles. The maximum absolute atomic E-state index is 10.4. The fourth-order valence-electron chi connectivity index (χ4n) is 3.72. The van der Waals surface area contributed by atoms with Crippen LogP contribution in [0.1, 0.15) is 11.1 Å². The zero-order chi connectivity index (χ0) is 21.5. The molecule has 1 unspecified atom stereocenters. The Bertz CT molecular complexity index is 1030. The SMILES string of the molecule is I.NC(=NCC(O)CN1CCc2ccccc2C1)Nc1cccc(Oc2ccccc2)c1. The van der Waals surface area contributed by atoms with E-state index in [-0.39, 0.29) is 36.5 Å². The van der Waals surface area contributed by atoms with Crippen LogP contribution in [0.5, 0.6) is 11.5 Å². The molecule has 4 N–H and O–H groups in total. The lowest BCUT2D eigenvalue weighted by Crippen LogP contribution is -2.38. The summed E-state index contributed by atoms with van der Waals surface area (Å²) in [5, 5.41) is 13.5. The number of halogens is 1. The van der Waals surface area contributed by atoms with Crippen molar-refractivity contribution in [2.75, 3.05) is 25.0 Å². The minimum absolute atomic E-state index is 0. The van der Waals surface area contributed by atoms with Gasteiger partial charge in [-0.1, -0.05) is 48.5 Å². The summed E-state index contributed by atoms with van der Waals surface area (Å²) in [5.74, 6) is 1.74. The Morgan fingerprint density at radius 1 is 1.00 bits per heavy atom. The van der Waals surface area contributed by atoms with E-state index < -0.39 is 6.10 Å². The van der Waals surface area contributed by atoms with Gasteiger partial charge >= 0.3 is 0 Å². The second kappa shape index (κ2) is 11.8. The Hall–Kier alpha value is -2.62. The molecule has 0 bridgehead atoms. The fourth-order valence-corrected chi connectivity index (χ4v) is 3.72. The topological polar surface area (TPSA) is 83.1 Å². The van der Waals surface area contributed by atoms with Crippen LogP contribution >= 0.6 is 24.0 Å². The van der Waals surface area contributed by atoms with Gasteiger partial charge in [-0.3, -0.25) is 9.89 Å². The maximum Gasteiger partial charge on any atom is 0.193 e. The number of benzene rings is 3. The molecular weight excluding hydrogens is 515 g/mol. The molecule has 0 aromatic heterocycles. The molecule has 1 atom stereocenters. The number of hydrogen-bond donors (Lipinski definition) is 3. The average Bonchev–Trinajstić information content (AvgIpc) is 2.79. The quantitative estimate of drug-likeness (QED) is 0.236. The van der Waals surface area contributed by atoms with E-state index >= 15 is 0 Å². The van der Waals surface area contributed by atoms with E-state index in [9.17, 15) is 5.11 Å². The Morgan fingerprint density at radius 2 is 1.72 bits per heavy atom. The number of rotatable bonds is 7. The van der Waals surface area contributed by atoms with Gasteiger partial charge in [0.25, 0.3) is 0 Å². The van der Waals surface area contributed by atoms with Gasteiger partial charge < -0.3 is 20.9 Å². The van der Waals surface area contributed by atoms with Crippen molar-refractivity contribution in [1.82, 2.24) is 4.90 Å². The number of para-hydroxylation sites is 1. The third kappa shape index (κ3) is 6.94. The number of β-amino-alcohol motifs (C(OH)–C–C–N with tert-alkyl or cyclic N) is 1. The molecule has 32 heavy (non-hydrogen) atoms. The summed E-state index contributed by atoms with van der Waals surface area (Å²) in [6.45, 7) is 2.63. The lowest BCUT2D eigenvalue weighted by atomic mass is 10.00. The Balaban J connectivity index is 0.00000289. The van der Waals surface area contributed by atoms with E-state index in [0.29, 0.717) is 12.3 Å². The first-order valence-electron chi connectivity index (χ1n) is 10.5. The standard InChI is InChI=1S/C25H28N4O2.HI/c26-25(28-21-9-6-12-24(15-21)31-23-10-2-1-3-11-23)27-16-22(30)18-29-14-13-19-7-4-5-8-20(19)17-29;/h1-12,15,22,30H,13-14,16-18H2,(H3,26,27,28);1H. The van der Waals surface area contributed by atoms with Gasteiger partial charge in [0.05, 0.1) is 12.6 Å². The van der Waals surface area contributed by atoms with Crippen molar-refractivity contribution in [2.24, 2.45) is 10.7 Å². The molecule has 3 aromatic rings. The summed E-state index contributed by atoms with van der Waals surface area (Å²) in [6.07, 6.45) is 0.440. The molecule has 0 spiro atoms. The molecule has 0 saturated carbocycles. The highest BCUT2D eigenvalue weighted by Gasteiger charge is 2.18. The fraction of sp³-hybridized carbons (Fsp3) is 0.240. The third-order valence-corrected chi connectivity index (χ3v) is 5.24. The first kappa shape index (κ1) is 24.0. The number of aliphatic imine (C=N–C) groups is 1. The van der Waals surface area contributed by atoms with Crippen molar-refractivity contribution >= 4 is 35.6 Å². The predicted molar refractivity (Wildman–Crippen MR) is 140 cm³/mol. The van der Waals surface area contributed by atoms with Crippen LogP contribution in [0.2, 0.25) is 0 Å².